The lowest BCUT2D eigenvalue weighted by Crippen LogP contribution is -2.10. The van der Waals surface area contributed by atoms with Crippen LogP contribution in [-0.2, 0) is 7.05 Å². The number of aryl methyl sites for hydroxylation is 1. The molecule has 0 aliphatic carbocycles. The van der Waals surface area contributed by atoms with Crippen molar-refractivity contribution < 1.29 is 4.42 Å². The molecule has 1 aromatic rings. The highest BCUT2D eigenvalue weighted by Gasteiger charge is 1.86. The molecular weight excluding hydrogens is 142 g/mol. The normalized spacial score (nSPS) is 11.7. The molecule has 11 heavy (non-hydrogen) atoms. The van der Waals surface area contributed by atoms with Crippen molar-refractivity contribution in [1.29, 1.82) is 0 Å². The molecule has 4 heteroatoms. The Morgan fingerprint density at radius 1 is 1.55 bits per heavy atom. The fourth-order valence-electron chi connectivity index (χ4n) is 0.566. The second-order valence-electron chi connectivity index (χ2n) is 2.44. The van der Waals surface area contributed by atoms with E-state index in [1.807, 2.05) is 20.9 Å². The summed E-state index contributed by atoms with van der Waals surface area (Å²) in [6.07, 6.45) is 3.35. The Morgan fingerprint density at radius 3 is 2.73 bits per heavy atom. The SMILES string of the molecule is CC(C)=NN=c1occn1C. The van der Waals surface area contributed by atoms with E-state index >= 15 is 0 Å². The molecule has 0 N–H and O–H groups in total. The van der Waals surface area contributed by atoms with E-state index in [9.17, 15) is 0 Å². The van der Waals surface area contributed by atoms with Gasteiger partial charge < -0.3 is 8.98 Å². The van der Waals surface area contributed by atoms with Gasteiger partial charge in [0, 0.05) is 19.0 Å². The monoisotopic (exact) mass is 153 g/mol. The average Bonchev–Trinajstić information content (AvgIpc) is 2.31. The third kappa shape index (κ3) is 2.07. The van der Waals surface area contributed by atoms with Crippen LogP contribution in [0.1, 0.15) is 13.8 Å². The summed E-state index contributed by atoms with van der Waals surface area (Å²) in [5, 5.41) is 7.70. The molecule has 0 saturated carbocycles. The van der Waals surface area contributed by atoms with Crippen LogP contribution in [0.25, 0.3) is 0 Å². The molecule has 60 valence electrons. The maximum Gasteiger partial charge on any atom is 0.320 e. The highest BCUT2D eigenvalue weighted by Crippen LogP contribution is 1.78. The van der Waals surface area contributed by atoms with Gasteiger partial charge in [0.15, 0.2) is 0 Å². The van der Waals surface area contributed by atoms with Gasteiger partial charge in [-0.15, -0.1) is 0 Å². The van der Waals surface area contributed by atoms with Crippen molar-refractivity contribution in [2.75, 3.05) is 0 Å². The summed E-state index contributed by atoms with van der Waals surface area (Å²) in [6, 6.07) is 0. The van der Waals surface area contributed by atoms with Crippen LogP contribution < -0.4 is 5.68 Å². The third-order valence-electron chi connectivity index (χ3n) is 1.10. The van der Waals surface area contributed by atoms with Crippen LogP contribution in [0.5, 0.6) is 0 Å². The van der Waals surface area contributed by atoms with E-state index in [0.717, 1.165) is 5.71 Å². The zero-order chi connectivity index (χ0) is 8.27. The van der Waals surface area contributed by atoms with Gasteiger partial charge in [-0.25, -0.2) is 0 Å². The van der Waals surface area contributed by atoms with Gasteiger partial charge in [0.2, 0.25) is 0 Å². The minimum Gasteiger partial charge on any atom is -0.431 e. The Hall–Kier alpha value is -1.32. The molecule has 1 aromatic heterocycles. The molecule has 0 amide bonds. The number of rotatable bonds is 1. The first-order chi connectivity index (χ1) is 5.20. The molecule has 0 radical (unpaired) electrons. The summed E-state index contributed by atoms with van der Waals surface area (Å²) in [5.74, 6) is 0. The van der Waals surface area contributed by atoms with Crippen LogP contribution in [0.15, 0.2) is 27.1 Å². The summed E-state index contributed by atoms with van der Waals surface area (Å²) >= 11 is 0. The van der Waals surface area contributed by atoms with E-state index in [2.05, 4.69) is 10.2 Å². The fraction of sp³-hybridized carbons (Fsp3) is 0.429. The summed E-state index contributed by atoms with van der Waals surface area (Å²) in [5.41, 5.74) is 1.41. The standard InChI is InChI=1S/C7H11N3O/c1-6(2)8-9-7-10(3)4-5-11-7/h4-5H,1-3H3. The number of hydrogen-bond acceptors (Lipinski definition) is 3. The summed E-state index contributed by atoms with van der Waals surface area (Å²) in [6.45, 7) is 3.76. The Kier molecular flexibility index (Phi) is 2.25. The van der Waals surface area contributed by atoms with Crippen LogP contribution in [0.2, 0.25) is 0 Å². The predicted octanol–water partition coefficient (Wildman–Crippen LogP) is 0.915. The molecule has 0 aliphatic heterocycles. The zero-order valence-corrected chi connectivity index (χ0v) is 6.90. The van der Waals surface area contributed by atoms with E-state index in [0.29, 0.717) is 5.68 Å². The van der Waals surface area contributed by atoms with Crippen molar-refractivity contribution in [3.63, 3.8) is 0 Å². The second-order valence-corrected chi connectivity index (χ2v) is 2.44. The molecule has 0 bridgehead atoms. The molecule has 0 aromatic carbocycles. The lowest BCUT2D eigenvalue weighted by molar-refractivity contribution is 0.471. The number of aromatic nitrogens is 1. The van der Waals surface area contributed by atoms with Gasteiger partial charge in [-0.3, -0.25) is 0 Å². The van der Waals surface area contributed by atoms with Gasteiger partial charge in [-0.05, 0) is 13.8 Å². The summed E-state index contributed by atoms with van der Waals surface area (Å²) in [4.78, 5) is 0. The molecule has 0 aliphatic rings. The fourth-order valence-corrected chi connectivity index (χ4v) is 0.566. The zero-order valence-electron chi connectivity index (χ0n) is 6.90. The summed E-state index contributed by atoms with van der Waals surface area (Å²) < 4.78 is 6.76. The molecule has 0 saturated heterocycles. The summed E-state index contributed by atoms with van der Waals surface area (Å²) in [7, 11) is 1.85. The van der Waals surface area contributed by atoms with Crippen molar-refractivity contribution in [2.24, 2.45) is 17.3 Å². The van der Waals surface area contributed by atoms with Crippen LogP contribution in [0.3, 0.4) is 0 Å². The molecule has 1 rings (SSSR count). The highest BCUT2D eigenvalue weighted by atomic mass is 16.3. The molecule has 0 fully saturated rings. The molecule has 1 heterocycles. The van der Waals surface area contributed by atoms with Crippen LogP contribution in [0, 0.1) is 0 Å². The first-order valence-corrected chi connectivity index (χ1v) is 3.35. The molecular formula is C7H11N3O. The maximum atomic E-state index is 5.00. The minimum atomic E-state index is 0.506. The van der Waals surface area contributed by atoms with Gasteiger partial charge in [0.25, 0.3) is 0 Å². The average molecular weight is 153 g/mol. The van der Waals surface area contributed by atoms with Gasteiger partial charge in [0.05, 0.1) is 0 Å². The van der Waals surface area contributed by atoms with Crippen molar-refractivity contribution in [1.82, 2.24) is 4.57 Å². The van der Waals surface area contributed by atoms with Crippen molar-refractivity contribution >= 4 is 5.71 Å². The van der Waals surface area contributed by atoms with E-state index in [1.165, 1.54) is 0 Å². The van der Waals surface area contributed by atoms with Crippen molar-refractivity contribution in [2.45, 2.75) is 13.8 Å². The van der Waals surface area contributed by atoms with Crippen molar-refractivity contribution in [3.05, 3.63) is 18.1 Å². The lowest BCUT2D eigenvalue weighted by Gasteiger charge is -1.84. The first kappa shape index (κ1) is 7.78. The Bertz CT molecular complexity index is 314. The quantitative estimate of drug-likeness (QED) is 0.437. The lowest BCUT2D eigenvalue weighted by atomic mass is 10.5. The molecule has 0 atom stereocenters. The van der Waals surface area contributed by atoms with E-state index in [-0.39, 0.29) is 0 Å². The molecule has 0 spiro atoms. The topological polar surface area (TPSA) is 42.8 Å². The predicted molar refractivity (Wildman–Crippen MR) is 42.0 cm³/mol. The molecule has 4 nitrogen and oxygen atoms in total. The van der Waals surface area contributed by atoms with Crippen LogP contribution in [0.4, 0.5) is 0 Å². The Labute approximate surface area is 64.9 Å². The second kappa shape index (κ2) is 3.18. The van der Waals surface area contributed by atoms with Crippen molar-refractivity contribution in [3.8, 4) is 0 Å². The third-order valence-corrected chi connectivity index (χ3v) is 1.10. The maximum absolute atomic E-state index is 5.00. The van der Waals surface area contributed by atoms with Gasteiger partial charge in [0.1, 0.15) is 6.26 Å². The van der Waals surface area contributed by atoms with Gasteiger partial charge in [-0.1, -0.05) is 5.10 Å². The number of oxazole rings is 1. The van der Waals surface area contributed by atoms with E-state index in [1.54, 1.807) is 17.0 Å². The highest BCUT2D eigenvalue weighted by molar-refractivity contribution is 5.78. The van der Waals surface area contributed by atoms with Gasteiger partial charge >= 0.3 is 5.68 Å². The smallest absolute Gasteiger partial charge is 0.320 e. The molecule has 0 unspecified atom stereocenters. The number of hydrogen-bond donors (Lipinski definition) is 0. The van der Waals surface area contributed by atoms with E-state index < -0.39 is 0 Å². The Morgan fingerprint density at radius 2 is 2.27 bits per heavy atom. The Balaban J connectivity index is 3.01. The van der Waals surface area contributed by atoms with Gasteiger partial charge in [-0.2, -0.15) is 5.10 Å². The largest absolute Gasteiger partial charge is 0.431 e. The number of nitrogens with zero attached hydrogens (tertiary/aromatic N) is 3. The van der Waals surface area contributed by atoms with Crippen LogP contribution in [-0.4, -0.2) is 10.3 Å². The van der Waals surface area contributed by atoms with Crippen LogP contribution >= 0.6 is 0 Å². The van der Waals surface area contributed by atoms with E-state index in [4.69, 9.17) is 4.42 Å². The minimum absolute atomic E-state index is 0.506. The first-order valence-electron chi connectivity index (χ1n) is 3.35.